The lowest BCUT2D eigenvalue weighted by atomic mass is 9.85. The zero-order valence-corrected chi connectivity index (χ0v) is 8.35. The van der Waals surface area contributed by atoms with E-state index in [1.165, 1.54) is 0 Å². The van der Waals surface area contributed by atoms with Crippen molar-refractivity contribution >= 4 is 17.7 Å². The molecule has 0 fully saturated rings. The Morgan fingerprint density at radius 1 is 1.57 bits per heavy atom. The molecular formula is C9H13NO4. The molecule has 0 amide bonds. The van der Waals surface area contributed by atoms with Gasteiger partial charge in [0.15, 0.2) is 0 Å². The summed E-state index contributed by atoms with van der Waals surface area (Å²) >= 11 is 0. The van der Waals surface area contributed by atoms with Crippen LogP contribution in [0.5, 0.6) is 0 Å². The Morgan fingerprint density at radius 3 is 2.43 bits per heavy atom. The standard InChI is InChI=1S/C9H13NO4/c1-4(2)6(8(11)12)7-5(3)9(13)14-10-7/h4-6H,1-3H3,(H,11,12). The van der Waals surface area contributed by atoms with E-state index in [0.717, 1.165) is 0 Å². The van der Waals surface area contributed by atoms with Crippen molar-refractivity contribution in [2.45, 2.75) is 20.8 Å². The van der Waals surface area contributed by atoms with Crippen LogP contribution in [-0.4, -0.2) is 22.8 Å². The number of hydrogen-bond acceptors (Lipinski definition) is 4. The molecule has 0 saturated heterocycles. The molecule has 0 radical (unpaired) electrons. The molecule has 1 heterocycles. The van der Waals surface area contributed by atoms with Crippen LogP contribution in [-0.2, 0) is 14.4 Å². The lowest BCUT2D eigenvalue weighted by Crippen LogP contribution is -2.32. The van der Waals surface area contributed by atoms with Gasteiger partial charge in [-0.15, -0.1) is 0 Å². The fourth-order valence-corrected chi connectivity index (χ4v) is 1.46. The van der Waals surface area contributed by atoms with Gasteiger partial charge in [0.1, 0.15) is 5.92 Å². The summed E-state index contributed by atoms with van der Waals surface area (Å²) in [6.07, 6.45) is 0. The molecule has 0 aromatic carbocycles. The maximum atomic E-state index is 11.0. The first-order valence-electron chi connectivity index (χ1n) is 4.46. The Labute approximate surface area is 81.7 Å². The molecular weight excluding hydrogens is 186 g/mol. The molecule has 2 atom stereocenters. The number of carboxylic acid groups (broad SMARTS) is 1. The largest absolute Gasteiger partial charge is 0.481 e. The fourth-order valence-electron chi connectivity index (χ4n) is 1.46. The molecule has 1 N–H and O–H groups in total. The van der Waals surface area contributed by atoms with E-state index in [9.17, 15) is 9.59 Å². The first-order valence-corrected chi connectivity index (χ1v) is 4.46. The second-order valence-corrected chi connectivity index (χ2v) is 3.71. The minimum Gasteiger partial charge on any atom is -0.481 e. The minimum atomic E-state index is -0.969. The van der Waals surface area contributed by atoms with Crippen LogP contribution in [0.25, 0.3) is 0 Å². The Kier molecular flexibility index (Phi) is 2.88. The maximum Gasteiger partial charge on any atom is 0.343 e. The van der Waals surface area contributed by atoms with Crippen molar-refractivity contribution in [2.24, 2.45) is 22.9 Å². The highest BCUT2D eigenvalue weighted by Crippen LogP contribution is 2.23. The van der Waals surface area contributed by atoms with Gasteiger partial charge in [-0.2, -0.15) is 0 Å². The number of rotatable bonds is 3. The highest BCUT2D eigenvalue weighted by atomic mass is 16.7. The second kappa shape index (κ2) is 3.77. The number of oxime groups is 1. The predicted molar refractivity (Wildman–Crippen MR) is 48.7 cm³/mol. The van der Waals surface area contributed by atoms with Crippen LogP contribution in [0.15, 0.2) is 5.16 Å². The van der Waals surface area contributed by atoms with E-state index >= 15 is 0 Å². The van der Waals surface area contributed by atoms with Crippen molar-refractivity contribution in [2.75, 3.05) is 0 Å². The van der Waals surface area contributed by atoms with Crippen molar-refractivity contribution in [3.8, 4) is 0 Å². The molecule has 1 aliphatic rings. The van der Waals surface area contributed by atoms with Gasteiger partial charge in [0.25, 0.3) is 0 Å². The number of hydrogen-bond donors (Lipinski definition) is 1. The SMILES string of the molecule is CC1C(=O)ON=C1C(C(=O)O)C(C)C. The first-order chi connectivity index (χ1) is 6.45. The number of carboxylic acids is 1. The van der Waals surface area contributed by atoms with Crippen molar-refractivity contribution in [1.29, 1.82) is 0 Å². The third-order valence-corrected chi connectivity index (χ3v) is 2.29. The summed E-state index contributed by atoms with van der Waals surface area (Å²) in [5.74, 6) is -2.84. The van der Waals surface area contributed by atoms with E-state index in [0.29, 0.717) is 5.71 Å². The molecule has 14 heavy (non-hydrogen) atoms. The normalized spacial score (nSPS) is 23.3. The van der Waals surface area contributed by atoms with Crippen LogP contribution in [0.2, 0.25) is 0 Å². The van der Waals surface area contributed by atoms with E-state index in [4.69, 9.17) is 5.11 Å². The summed E-state index contributed by atoms with van der Waals surface area (Å²) in [5, 5.41) is 12.5. The zero-order chi connectivity index (χ0) is 10.9. The van der Waals surface area contributed by atoms with Crippen molar-refractivity contribution in [1.82, 2.24) is 0 Å². The summed E-state index contributed by atoms with van der Waals surface area (Å²) in [7, 11) is 0. The lowest BCUT2D eigenvalue weighted by Gasteiger charge is -2.16. The highest BCUT2D eigenvalue weighted by molar-refractivity contribution is 6.12. The summed E-state index contributed by atoms with van der Waals surface area (Å²) < 4.78 is 0. The zero-order valence-electron chi connectivity index (χ0n) is 8.35. The van der Waals surface area contributed by atoms with Gasteiger partial charge in [-0.1, -0.05) is 19.0 Å². The smallest absolute Gasteiger partial charge is 0.343 e. The number of carbonyl (C=O) groups is 2. The highest BCUT2D eigenvalue weighted by Gasteiger charge is 2.38. The Bertz CT molecular complexity index is 295. The number of aliphatic carboxylic acids is 1. The van der Waals surface area contributed by atoms with Gasteiger partial charge in [-0.05, 0) is 12.8 Å². The average molecular weight is 199 g/mol. The van der Waals surface area contributed by atoms with Crippen LogP contribution in [0.1, 0.15) is 20.8 Å². The van der Waals surface area contributed by atoms with E-state index in [1.807, 2.05) is 0 Å². The third kappa shape index (κ3) is 1.76. The van der Waals surface area contributed by atoms with Gasteiger partial charge in [-0.25, -0.2) is 4.79 Å². The predicted octanol–water partition coefficient (Wildman–Crippen LogP) is 0.892. The fraction of sp³-hybridized carbons (Fsp3) is 0.667. The quantitative estimate of drug-likeness (QED) is 0.685. The average Bonchev–Trinajstić information content (AvgIpc) is 2.35. The molecule has 1 aliphatic heterocycles. The van der Waals surface area contributed by atoms with E-state index in [2.05, 4.69) is 9.99 Å². The number of carbonyl (C=O) groups excluding carboxylic acids is 1. The van der Waals surface area contributed by atoms with Crippen LogP contribution in [0, 0.1) is 17.8 Å². The molecule has 1 rings (SSSR count). The van der Waals surface area contributed by atoms with Crippen LogP contribution >= 0.6 is 0 Å². The van der Waals surface area contributed by atoms with Gasteiger partial charge in [0.05, 0.1) is 11.6 Å². The van der Waals surface area contributed by atoms with E-state index in [-0.39, 0.29) is 5.92 Å². The van der Waals surface area contributed by atoms with Crippen LogP contribution < -0.4 is 0 Å². The van der Waals surface area contributed by atoms with Gasteiger partial charge in [0, 0.05) is 0 Å². The first kappa shape index (κ1) is 10.7. The minimum absolute atomic E-state index is 0.108. The van der Waals surface area contributed by atoms with Crippen molar-refractivity contribution in [3.05, 3.63) is 0 Å². The second-order valence-electron chi connectivity index (χ2n) is 3.71. The van der Waals surface area contributed by atoms with Gasteiger partial charge in [0.2, 0.25) is 0 Å². The summed E-state index contributed by atoms with van der Waals surface area (Å²) in [6, 6.07) is 0. The molecule has 0 saturated carbocycles. The summed E-state index contributed by atoms with van der Waals surface area (Å²) in [6.45, 7) is 5.15. The molecule has 5 nitrogen and oxygen atoms in total. The molecule has 0 spiro atoms. The summed E-state index contributed by atoms with van der Waals surface area (Å²) in [4.78, 5) is 26.4. The van der Waals surface area contributed by atoms with Gasteiger partial charge >= 0.3 is 11.9 Å². The Morgan fingerprint density at radius 2 is 2.14 bits per heavy atom. The van der Waals surface area contributed by atoms with Gasteiger partial charge < -0.3 is 9.94 Å². The van der Waals surface area contributed by atoms with Crippen LogP contribution in [0.3, 0.4) is 0 Å². The topological polar surface area (TPSA) is 76.0 Å². The monoisotopic (exact) mass is 199 g/mol. The van der Waals surface area contributed by atoms with E-state index < -0.39 is 23.8 Å². The molecule has 78 valence electrons. The van der Waals surface area contributed by atoms with Crippen LogP contribution in [0.4, 0.5) is 0 Å². The van der Waals surface area contributed by atoms with Crippen molar-refractivity contribution < 1.29 is 19.5 Å². The number of nitrogens with zero attached hydrogens (tertiary/aromatic N) is 1. The summed E-state index contributed by atoms with van der Waals surface area (Å²) in [5.41, 5.74) is 0.317. The van der Waals surface area contributed by atoms with Crippen molar-refractivity contribution in [3.63, 3.8) is 0 Å². The van der Waals surface area contributed by atoms with Gasteiger partial charge in [-0.3, -0.25) is 4.79 Å². The maximum absolute atomic E-state index is 11.0. The lowest BCUT2D eigenvalue weighted by molar-refractivity contribution is -0.143. The molecule has 5 heteroatoms. The molecule has 0 aromatic rings. The molecule has 0 aromatic heterocycles. The molecule has 0 aliphatic carbocycles. The third-order valence-electron chi connectivity index (χ3n) is 2.29. The molecule has 2 unspecified atom stereocenters. The Hall–Kier alpha value is -1.39. The molecule has 0 bridgehead atoms. The Balaban J connectivity index is 2.91. The van der Waals surface area contributed by atoms with E-state index in [1.54, 1.807) is 20.8 Å².